The topological polar surface area (TPSA) is 9.23 Å². The number of hydrogen-bond acceptors (Lipinski definition) is 1. The van der Waals surface area contributed by atoms with Crippen molar-refractivity contribution in [1.82, 2.24) is 0 Å². The molecule has 19 heavy (non-hydrogen) atoms. The third-order valence-corrected chi connectivity index (χ3v) is 4.25. The largest absolute Gasteiger partial charge is 0.376 e. The molecule has 1 aliphatic rings. The molecule has 1 aromatic carbocycles. The van der Waals surface area contributed by atoms with Gasteiger partial charge in [0.25, 0.3) is 0 Å². The van der Waals surface area contributed by atoms with Crippen molar-refractivity contribution in [3.63, 3.8) is 0 Å². The standard InChI is InChI=1S/C15H17BrF2O/c1-10-4-2-3-5-11(10)8-19-9-12-14(17)7-6-13(16)15(12)18/h2-3,6-7,10-11H,4-5,8-9H2,1H3. The van der Waals surface area contributed by atoms with E-state index >= 15 is 0 Å². The molecule has 0 saturated heterocycles. The zero-order valence-electron chi connectivity index (χ0n) is 10.8. The van der Waals surface area contributed by atoms with Crippen LogP contribution >= 0.6 is 15.9 Å². The third-order valence-electron chi connectivity index (χ3n) is 3.64. The van der Waals surface area contributed by atoms with E-state index in [1.807, 2.05) is 0 Å². The predicted octanol–water partition coefficient (Wildman–Crippen LogP) is 4.85. The van der Waals surface area contributed by atoms with Gasteiger partial charge < -0.3 is 4.74 Å². The van der Waals surface area contributed by atoms with Crippen molar-refractivity contribution in [2.24, 2.45) is 11.8 Å². The molecular formula is C15H17BrF2O. The first-order chi connectivity index (χ1) is 9.09. The number of rotatable bonds is 4. The Labute approximate surface area is 120 Å². The quantitative estimate of drug-likeness (QED) is 0.566. The van der Waals surface area contributed by atoms with Crippen LogP contribution in [0.4, 0.5) is 8.78 Å². The fraction of sp³-hybridized carbons (Fsp3) is 0.467. The molecule has 0 N–H and O–H groups in total. The monoisotopic (exact) mass is 330 g/mol. The Morgan fingerprint density at radius 3 is 2.74 bits per heavy atom. The van der Waals surface area contributed by atoms with Crippen molar-refractivity contribution in [1.29, 1.82) is 0 Å². The lowest BCUT2D eigenvalue weighted by Gasteiger charge is -2.25. The summed E-state index contributed by atoms with van der Waals surface area (Å²) in [5.41, 5.74) is -0.00613. The van der Waals surface area contributed by atoms with E-state index in [-0.39, 0.29) is 16.6 Å². The lowest BCUT2D eigenvalue weighted by Crippen LogP contribution is -2.19. The Hall–Kier alpha value is -0.740. The lowest BCUT2D eigenvalue weighted by molar-refractivity contribution is 0.0647. The average Bonchev–Trinajstić information content (AvgIpc) is 2.40. The van der Waals surface area contributed by atoms with Gasteiger partial charge in [-0.25, -0.2) is 8.78 Å². The first kappa shape index (κ1) is 14.7. The first-order valence-electron chi connectivity index (χ1n) is 6.44. The zero-order chi connectivity index (χ0) is 13.8. The Morgan fingerprint density at radius 2 is 2.00 bits per heavy atom. The average molecular weight is 331 g/mol. The fourth-order valence-corrected chi connectivity index (χ4v) is 2.62. The van der Waals surface area contributed by atoms with Gasteiger partial charge in [0.05, 0.1) is 23.2 Å². The Bertz CT molecular complexity index is 473. The van der Waals surface area contributed by atoms with Gasteiger partial charge in [-0.1, -0.05) is 19.1 Å². The number of allylic oxidation sites excluding steroid dienone is 2. The molecule has 0 bridgehead atoms. The van der Waals surface area contributed by atoms with Gasteiger partial charge in [-0.05, 0) is 52.7 Å². The molecule has 1 aliphatic carbocycles. The summed E-state index contributed by atoms with van der Waals surface area (Å²) in [5.74, 6) is -0.139. The summed E-state index contributed by atoms with van der Waals surface area (Å²) >= 11 is 3.05. The molecule has 0 radical (unpaired) electrons. The summed E-state index contributed by atoms with van der Waals surface area (Å²) in [7, 11) is 0. The highest BCUT2D eigenvalue weighted by molar-refractivity contribution is 9.10. The summed E-state index contributed by atoms with van der Waals surface area (Å²) in [4.78, 5) is 0. The number of benzene rings is 1. The van der Waals surface area contributed by atoms with Crippen LogP contribution in [-0.4, -0.2) is 6.61 Å². The van der Waals surface area contributed by atoms with Crippen molar-refractivity contribution in [3.05, 3.63) is 46.0 Å². The minimum Gasteiger partial charge on any atom is -0.376 e. The summed E-state index contributed by atoms with van der Waals surface area (Å²) in [6, 6.07) is 2.61. The van der Waals surface area contributed by atoms with Gasteiger partial charge >= 0.3 is 0 Å². The molecule has 2 unspecified atom stereocenters. The van der Waals surface area contributed by atoms with Crippen LogP contribution in [0.2, 0.25) is 0 Å². The van der Waals surface area contributed by atoms with Crippen LogP contribution < -0.4 is 0 Å². The Kier molecular flexibility index (Phi) is 5.11. The number of ether oxygens (including phenoxy) is 1. The number of halogens is 3. The second-order valence-corrected chi connectivity index (χ2v) is 5.87. The highest BCUT2D eigenvalue weighted by Gasteiger charge is 2.19. The summed E-state index contributed by atoms with van der Waals surface area (Å²) < 4.78 is 33.0. The second kappa shape index (κ2) is 6.62. The van der Waals surface area contributed by atoms with E-state index in [1.165, 1.54) is 12.1 Å². The van der Waals surface area contributed by atoms with E-state index in [4.69, 9.17) is 4.74 Å². The molecule has 0 aliphatic heterocycles. The van der Waals surface area contributed by atoms with Crippen LogP contribution in [0.1, 0.15) is 25.3 Å². The maximum absolute atomic E-state index is 13.7. The summed E-state index contributed by atoms with van der Waals surface area (Å²) in [6.45, 7) is 2.69. The SMILES string of the molecule is CC1CC=CCC1COCc1c(F)ccc(Br)c1F. The normalized spacial score (nSPS) is 22.7. The van der Waals surface area contributed by atoms with Crippen LogP contribution in [-0.2, 0) is 11.3 Å². The summed E-state index contributed by atoms with van der Waals surface area (Å²) in [6.07, 6.45) is 6.35. The van der Waals surface area contributed by atoms with Crippen molar-refractivity contribution < 1.29 is 13.5 Å². The minimum absolute atomic E-state index is 0.00613. The molecule has 0 fully saturated rings. The predicted molar refractivity (Wildman–Crippen MR) is 74.7 cm³/mol. The number of hydrogen-bond donors (Lipinski definition) is 0. The molecule has 0 heterocycles. The van der Waals surface area contributed by atoms with E-state index in [9.17, 15) is 8.78 Å². The minimum atomic E-state index is -0.573. The van der Waals surface area contributed by atoms with E-state index in [2.05, 4.69) is 35.0 Å². The van der Waals surface area contributed by atoms with Crippen LogP contribution in [0.5, 0.6) is 0 Å². The van der Waals surface area contributed by atoms with Crippen molar-refractivity contribution in [2.75, 3.05) is 6.61 Å². The smallest absolute Gasteiger partial charge is 0.145 e. The van der Waals surface area contributed by atoms with Gasteiger partial charge in [-0.15, -0.1) is 0 Å². The Morgan fingerprint density at radius 1 is 1.26 bits per heavy atom. The maximum atomic E-state index is 13.7. The van der Waals surface area contributed by atoms with E-state index in [1.54, 1.807) is 0 Å². The molecule has 1 aromatic rings. The third kappa shape index (κ3) is 3.63. The van der Waals surface area contributed by atoms with Crippen LogP contribution in [0.3, 0.4) is 0 Å². The Balaban J connectivity index is 1.92. The molecule has 2 atom stereocenters. The second-order valence-electron chi connectivity index (χ2n) is 5.02. The van der Waals surface area contributed by atoms with Crippen LogP contribution in [0, 0.1) is 23.5 Å². The van der Waals surface area contributed by atoms with E-state index in [0.29, 0.717) is 18.4 Å². The molecule has 0 saturated carbocycles. The highest BCUT2D eigenvalue weighted by atomic mass is 79.9. The van der Waals surface area contributed by atoms with Gasteiger partial charge in [-0.3, -0.25) is 0 Å². The molecule has 1 nitrogen and oxygen atoms in total. The van der Waals surface area contributed by atoms with Crippen molar-refractivity contribution in [3.8, 4) is 0 Å². The van der Waals surface area contributed by atoms with Gasteiger partial charge in [0.2, 0.25) is 0 Å². The molecule has 0 spiro atoms. The van der Waals surface area contributed by atoms with Crippen molar-refractivity contribution in [2.45, 2.75) is 26.4 Å². The van der Waals surface area contributed by atoms with Crippen LogP contribution in [0.25, 0.3) is 0 Å². The van der Waals surface area contributed by atoms with E-state index in [0.717, 1.165) is 12.8 Å². The molecular weight excluding hydrogens is 314 g/mol. The first-order valence-corrected chi connectivity index (χ1v) is 7.24. The molecule has 4 heteroatoms. The lowest BCUT2D eigenvalue weighted by atomic mass is 9.85. The van der Waals surface area contributed by atoms with Gasteiger partial charge in [0, 0.05) is 0 Å². The molecule has 0 amide bonds. The fourth-order valence-electron chi connectivity index (χ4n) is 2.25. The molecule has 2 rings (SSSR count). The summed E-state index contributed by atoms with van der Waals surface area (Å²) in [5, 5.41) is 0. The highest BCUT2D eigenvalue weighted by Crippen LogP contribution is 2.26. The van der Waals surface area contributed by atoms with Crippen molar-refractivity contribution >= 4 is 15.9 Å². The van der Waals surface area contributed by atoms with Gasteiger partial charge in [0.15, 0.2) is 0 Å². The molecule has 0 aromatic heterocycles. The zero-order valence-corrected chi connectivity index (χ0v) is 12.4. The maximum Gasteiger partial charge on any atom is 0.145 e. The molecule has 104 valence electrons. The van der Waals surface area contributed by atoms with Gasteiger partial charge in [-0.2, -0.15) is 0 Å². The van der Waals surface area contributed by atoms with E-state index < -0.39 is 11.6 Å². The van der Waals surface area contributed by atoms with Gasteiger partial charge in [0.1, 0.15) is 11.6 Å². The van der Waals surface area contributed by atoms with Crippen LogP contribution in [0.15, 0.2) is 28.8 Å².